The molecular formula is C45H61N7O9. The first kappa shape index (κ1) is 48.9. The maximum Gasteiger partial charge on any atom is 0.243 e. The highest BCUT2D eigenvalue weighted by Crippen LogP contribution is 2.23. The summed E-state index contributed by atoms with van der Waals surface area (Å²) in [6, 6.07) is 14.9. The molecule has 0 fully saturated rings. The quantitative estimate of drug-likeness (QED) is 0.0715. The molecule has 3 rings (SSSR count). The average molecular weight is 844 g/mol. The van der Waals surface area contributed by atoms with Gasteiger partial charge in [0.15, 0.2) is 0 Å². The molecule has 0 saturated heterocycles. The van der Waals surface area contributed by atoms with Gasteiger partial charge in [0.05, 0.1) is 6.42 Å². The topological polar surface area (TPSA) is 258 Å². The molecule has 16 nitrogen and oxygen atoms in total. The van der Waals surface area contributed by atoms with Crippen LogP contribution in [0.2, 0.25) is 0 Å². The third kappa shape index (κ3) is 15.9. The number of primary amides is 1. The van der Waals surface area contributed by atoms with E-state index in [0.717, 1.165) is 11.6 Å². The lowest BCUT2D eigenvalue weighted by molar-refractivity contribution is -0.136. The van der Waals surface area contributed by atoms with Gasteiger partial charge in [-0.05, 0) is 48.3 Å². The molecule has 0 radical (unpaired) electrons. The van der Waals surface area contributed by atoms with Crippen LogP contribution in [0.15, 0.2) is 78.9 Å². The van der Waals surface area contributed by atoms with Gasteiger partial charge in [-0.1, -0.05) is 108 Å². The Bertz CT molecular complexity index is 1980. The largest absolute Gasteiger partial charge is 0.508 e. The SMILES string of the molecule is CC(C)C[C@@H](NC(=O)Cc1ccc(O)cc1O)C(=O)N[C@@H](C(=O)N[C@@H](C(=O)N[C@H](Cc1ccccc1)C(=O)N[C@H](Cc1ccccc1)C(=O)N[C@H](C)C(N)=O)C(C)C)C(C)C. The van der Waals surface area contributed by atoms with E-state index in [-0.39, 0.29) is 48.7 Å². The Kier molecular flexibility index (Phi) is 18.7. The Morgan fingerprint density at radius 3 is 1.44 bits per heavy atom. The van der Waals surface area contributed by atoms with Crippen molar-refractivity contribution in [2.45, 2.75) is 110 Å². The molecule has 3 aromatic carbocycles. The summed E-state index contributed by atoms with van der Waals surface area (Å²) in [5, 5.41) is 36.0. The van der Waals surface area contributed by atoms with E-state index in [1.54, 1.807) is 88.4 Å². The zero-order valence-electron chi connectivity index (χ0n) is 35.9. The van der Waals surface area contributed by atoms with Crippen molar-refractivity contribution >= 4 is 41.4 Å². The molecule has 0 bridgehead atoms. The van der Waals surface area contributed by atoms with Gasteiger partial charge in [-0.3, -0.25) is 33.6 Å². The fourth-order valence-corrected chi connectivity index (χ4v) is 6.43. The molecule has 61 heavy (non-hydrogen) atoms. The zero-order valence-corrected chi connectivity index (χ0v) is 35.9. The van der Waals surface area contributed by atoms with Gasteiger partial charge in [-0.2, -0.15) is 0 Å². The van der Waals surface area contributed by atoms with Gasteiger partial charge in [-0.15, -0.1) is 0 Å². The van der Waals surface area contributed by atoms with Crippen molar-refractivity contribution in [3.05, 3.63) is 95.6 Å². The summed E-state index contributed by atoms with van der Waals surface area (Å²) in [5.74, 6) is -6.13. The summed E-state index contributed by atoms with van der Waals surface area (Å²) < 4.78 is 0. The lowest BCUT2D eigenvalue weighted by Crippen LogP contribution is -2.61. The molecule has 0 aliphatic heterocycles. The Labute approximate surface area is 357 Å². The molecule has 6 atom stereocenters. The molecule has 10 N–H and O–H groups in total. The van der Waals surface area contributed by atoms with E-state index in [4.69, 9.17) is 5.73 Å². The van der Waals surface area contributed by atoms with Crippen LogP contribution >= 0.6 is 0 Å². The third-order valence-electron chi connectivity index (χ3n) is 9.89. The number of hydrogen-bond donors (Lipinski definition) is 9. The number of amides is 7. The van der Waals surface area contributed by atoms with Crippen molar-refractivity contribution in [3.8, 4) is 11.5 Å². The van der Waals surface area contributed by atoms with Crippen LogP contribution in [0, 0.1) is 17.8 Å². The van der Waals surface area contributed by atoms with Gasteiger partial charge in [0, 0.05) is 24.5 Å². The predicted octanol–water partition coefficient (Wildman–Crippen LogP) is 1.90. The van der Waals surface area contributed by atoms with Crippen molar-refractivity contribution in [2.24, 2.45) is 23.5 Å². The number of nitrogens with one attached hydrogen (secondary N) is 6. The van der Waals surface area contributed by atoms with Crippen molar-refractivity contribution in [1.29, 1.82) is 0 Å². The Hall–Kier alpha value is -6.45. The number of phenols is 2. The first-order valence-corrected chi connectivity index (χ1v) is 20.4. The predicted molar refractivity (Wildman–Crippen MR) is 229 cm³/mol. The Balaban J connectivity index is 1.82. The highest BCUT2D eigenvalue weighted by Gasteiger charge is 2.35. The number of hydrogen-bond acceptors (Lipinski definition) is 9. The molecule has 0 aliphatic carbocycles. The van der Waals surface area contributed by atoms with Gasteiger partial charge in [0.25, 0.3) is 0 Å². The van der Waals surface area contributed by atoms with Gasteiger partial charge in [0.2, 0.25) is 41.4 Å². The minimum absolute atomic E-state index is 0.0224. The van der Waals surface area contributed by atoms with E-state index in [1.807, 2.05) is 13.8 Å². The fraction of sp³-hybridized carbons (Fsp3) is 0.444. The standard InChI is InChI=1S/C45H61N7O9/c1-25(2)20-33(48-37(55)23-31-18-19-32(53)24-36(31)54)43(59)51-39(27(5)6)45(61)52-38(26(3)4)44(60)50-35(22-30-16-12-9-13-17-30)42(58)49-34(21-29-14-10-8-11-15-29)41(57)47-28(7)40(46)56/h8-19,24-28,33-35,38-39,53-54H,20-23H2,1-7H3,(H2,46,56)(H,47,57)(H,48,55)(H,49,58)(H,50,60)(H,51,59)(H,52,61)/t28-,33-,34-,35-,38-,39-/m1/s1. The van der Waals surface area contributed by atoms with Gasteiger partial charge >= 0.3 is 0 Å². The second kappa shape index (κ2) is 23.4. The third-order valence-corrected chi connectivity index (χ3v) is 9.89. The minimum atomic E-state index is -1.22. The van der Waals surface area contributed by atoms with E-state index in [1.165, 1.54) is 19.1 Å². The van der Waals surface area contributed by atoms with Gasteiger partial charge in [-0.25, -0.2) is 0 Å². The monoisotopic (exact) mass is 843 g/mol. The van der Waals surface area contributed by atoms with E-state index >= 15 is 0 Å². The molecule has 0 unspecified atom stereocenters. The molecule has 330 valence electrons. The van der Waals surface area contributed by atoms with Crippen LogP contribution in [0.4, 0.5) is 0 Å². The smallest absolute Gasteiger partial charge is 0.243 e. The number of aromatic hydroxyl groups is 2. The average Bonchev–Trinajstić information content (AvgIpc) is 3.19. The molecule has 0 spiro atoms. The van der Waals surface area contributed by atoms with Crippen molar-refractivity contribution in [1.82, 2.24) is 31.9 Å². The highest BCUT2D eigenvalue weighted by molar-refractivity contribution is 5.97. The molecule has 3 aromatic rings. The fourth-order valence-electron chi connectivity index (χ4n) is 6.43. The molecular weight excluding hydrogens is 783 g/mol. The maximum atomic E-state index is 14.1. The Morgan fingerprint density at radius 2 is 0.984 bits per heavy atom. The number of carbonyl (C=O) groups is 7. The summed E-state index contributed by atoms with van der Waals surface area (Å²) in [5.41, 5.74) is 7.05. The van der Waals surface area contributed by atoms with Gasteiger partial charge < -0.3 is 47.8 Å². The molecule has 0 aromatic heterocycles. The van der Waals surface area contributed by atoms with Crippen LogP contribution in [0.3, 0.4) is 0 Å². The molecule has 0 aliphatic rings. The molecule has 0 heterocycles. The normalized spacial score (nSPS) is 14.1. The van der Waals surface area contributed by atoms with Crippen molar-refractivity contribution in [3.63, 3.8) is 0 Å². The number of nitrogens with two attached hydrogens (primary N) is 1. The summed E-state index contributed by atoms with van der Waals surface area (Å²) >= 11 is 0. The van der Waals surface area contributed by atoms with E-state index < -0.39 is 89.4 Å². The van der Waals surface area contributed by atoms with Crippen LogP contribution in [0.5, 0.6) is 11.5 Å². The second-order valence-electron chi connectivity index (χ2n) is 16.3. The number of rotatable bonds is 22. The molecule has 16 heteroatoms. The first-order valence-electron chi connectivity index (χ1n) is 20.4. The number of carbonyl (C=O) groups excluding carboxylic acids is 7. The number of phenolic OH excluding ortho intramolecular Hbond substituents is 2. The summed E-state index contributed by atoms with van der Waals surface area (Å²) in [7, 11) is 0. The first-order chi connectivity index (χ1) is 28.7. The van der Waals surface area contributed by atoms with Crippen molar-refractivity contribution < 1.29 is 43.8 Å². The number of benzene rings is 3. The molecule has 7 amide bonds. The second-order valence-corrected chi connectivity index (χ2v) is 16.3. The minimum Gasteiger partial charge on any atom is -0.508 e. The lowest BCUT2D eigenvalue weighted by Gasteiger charge is -2.30. The highest BCUT2D eigenvalue weighted by atomic mass is 16.3. The Morgan fingerprint density at radius 1 is 0.541 bits per heavy atom. The van der Waals surface area contributed by atoms with Crippen LogP contribution in [-0.4, -0.2) is 87.8 Å². The van der Waals surface area contributed by atoms with E-state index in [9.17, 15) is 43.8 Å². The van der Waals surface area contributed by atoms with E-state index in [2.05, 4.69) is 31.9 Å². The van der Waals surface area contributed by atoms with Crippen LogP contribution < -0.4 is 37.6 Å². The van der Waals surface area contributed by atoms with Crippen LogP contribution in [0.25, 0.3) is 0 Å². The maximum absolute atomic E-state index is 14.1. The summed E-state index contributed by atoms with van der Waals surface area (Å²) in [6.45, 7) is 12.0. The lowest BCUT2D eigenvalue weighted by atomic mass is 9.97. The van der Waals surface area contributed by atoms with Crippen LogP contribution in [0.1, 0.15) is 71.6 Å². The van der Waals surface area contributed by atoms with Crippen LogP contribution in [-0.2, 0) is 52.8 Å². The summed E-state index contributed by atoms with van der Waals surface area (Å²) in [6.07, 6.45) is 0.0402. The summed E-state index contributed by atoms with van der Waals surface area (Å²) in [4.78, 5) is 94.1. The zero-order chi connectivity index (χ0) is 45.4. The van der Waals surface area contributed by atoms with E-state index in [0.29, 0.717) is 5.56 Å². The molecule has 0 saturated carbocycles. The van der Waals surface area contributed by atoms with Crippen molar-refractivity contribution in [2.75, 3.05) is 0 Å². The van der Waals surface area contributed by atoms with Gasteiger partial charge in [0.1, 0.15) is 47.8 Å².